The number of rotatable bonds is 1. The number of para-hydroxylation sites is 1. The molecule has 0 spiro atoms. The van der Waals surface area contributed by atoms with Crippen LogP contribution in [0.2, 0.25) is 5.15 Å². The van der Waals surface area contributed by atoms with Crippen LogP contribution in [0.15, 0.2) is 36.5 Å². The van der Waals surface area contributed by atoms with Crippen molar-refractivity contribution in [2.45, 2.75) is 0 Å². The monoisotopic (exact) mass is 231 g/mol. The van der Waals surface area contributed by atoms with E-state index in [4.69, 9.17) is 11.6 Å². The third-order valence-corrected chi connectivity index (χ3v) is 2.47. The molecule has 0 aliphatic rings. The molecule has 5 nitrogen and oxygen atoms in total. The molecule has 16 heavy (non-hydrogen) atoms. The molecule has 0 saturated carbocycles. The van der Waals surface area contributed by atoms with Gasteiger partial charge in [0.05, 0.1) is 11.9 Å². The minimum Gasteiger partial charge on any atom is -0.210 e. The van der Waals surface area contributed by atoms with Crippen LogP contribution in [0.4, 0.5) is 0 Å². The van der Waals surface area contributed by atoms with E-state index in [2.05, 4.69) is 20.5 Å². The lowest BCUT2D eigenvalue weighted by molar-refractivity contribution is 0.823. The van der Waals surface area contributed by atoms with Crippen molar-refractivity contribution in [3.8, 4) is 5.69 Å². The lowest BCUT2D eigenvalue weighted by Crippen LogP contribution is -1.97. The van der Waals surface area contributed by atoms with Gasteiger partial charge in [-0.25, -0.2) is 4.68 Å². The fourth-order valence-corrected chi connectivity index (χ4v) is 1.73. The number of nitrogens with zero attached hydrogens (tertiary/aromatic N) is 5. The first-order valence-electron chi connectivity index (χ1n) is 4.64. The van der Waals surface area contributed by atoms with Gasteiger partial charge in [-0.15, -0.1) is 10.2 Å². The van der Waals surface area contributed by atoms with Crippen LogP contribution in [0.25, 0.3) is 16.7 Å². The number of halogens is 1. The van der Waals surface area contributed by atoms with Gasteiger partial charge in [0.25, 0.3) is 0 Å². The van der Waals surface area contributed by atoms with Gasteiger partial charge in [-0.2, -0.15) is 5.10 Å². The summed E-state index contributed by atoms with van der Waals surface area (Å²) in [6.45, 7) is 0. The Labute approximate surface area is 95.7 Å². The Hall–Kier alpha value is -2.01. The molecule has 3 aromatic rings. The normalized spacial score (nSPS) is 10.8. The predicted molar refractivity (Wildman–Crippen MR) is 59.5 cm³/mol. The van der Waals surface area contributed by atoms with E-state index in [0.717, 1.165) is 5.69 Å². The standard InChI is InChI=1S/C10H6ClN5/c11-10-9-8(6-12-14-10)13-15-16(9)7-4-2-1-3-5-7/h1-6H. The molecule has 2 aromatic heterocycles. The Morgan fingerprint density at radius 1 is 1.06 bits per heavy atom. The number of benzene rings is 1. The fraction of sp³-hybridized carbons (Fsp3) is 0. The Morgan fingerprint density at radius 3 is 2.69 bits per heavy atom. The molecular formula is C10H6ClN5. The van der Waals surface area contributed by atoms with Crippen molar-refractivity contribution in [3.63, 3.8) is 0 Å². The molecule has 0 amide bonds. The maximum absolute atomic E-state index is 5.98. The Morgan fingerprint density at radius 2 is 1.88 bits per heavy atom. The average Bonchev–Trinajstić information content (AvgIpc) is 2.75. The van der Waals surface area contributed by atoms with Gasteiger partial charge in [-0.3, -0.25) is 0 Å². The van der Waals surface area contributed by atoms with Crippen LogP contribution in [-0.2, 0) is 0 Å². The minimum absolute atomic E-state index is 0.298. The number of hydrogen-bond acceptors (Lipinski definition) is 4. The average molecular weight is 232 g/mol. The van der Waals surface area contributed by atoms with Gasteiger partial charge in [-0.05, 0) is 12.1 Å². The summed E-state index contributed by atoms with van der Waals surface area (Å²) in [6, 6.07) is 9.62. The van der Waals surface area contributed by atoms with E-state index < -0.39 is 0 Å². The van der Waals surface area contributed by atoms with Crippen LogP contribution in [0, 0.1) is 0 Å². The highest BCUT2D eigenvalue weighted by molar-refractivity contribution is 6.33. The van der Waals surface area contributed by atoms with E-state index in [9.17, 15) is 0 Å². The van der Waals surface area contributed by atoms with Crippen LogP contribution in [0.1, 0.15) is 0 Å². The molecule has 0 saturated heterocycles. The number of fused-ring (bicyclic) bond motifs is 1. The Balaban J connectivity index is 2.33. The lowest BCUT2D eigenvalue weighted by Gasteiger charge is -2.01. The van der Waals surface area contributed by atoms with E-state index in [1.807, 2.05) is 30.3 Å². The summed E-state index contributed by atoms with van der Waals surface area (Å²) in [5.41, 5.74) is 2.19. The summed E-state index contributed by atoms with van der Waals surface area (Å²) in [5, 5.41) is 15.8. The molecule has 6 heteroatoms. The van der Waals surface area contributed by atoms with Gasteiger partial charge < -0.3 is 0 Å². The first-order valence-corrected chi connectivity index (χ1v) is 5.02. The zero-order valence-electron chi connectivity index (χ0n) is 8.08. The van der Waals surface area contributed by atoms with Crippen molar-refractivity contribution in [2.75, 3.05) is 0 Å². The van der Waals surface area contributed by atoms with E-state index in [-0.39, 0.29) is 0 Å². The van der Waals surface area contributed by atoms with E-state index in [1.165, 1.54) is 6.20 Å². The van der Waals surface area contributed by atoms with Crippen molar-refractivity contribution >= 4 is 22.6 Å². The van der Waals surface area contributed by atoms with Gasteiger partial charge in [0.1, 0.15) is 11.0 Å². The van der Waals surface area contributed by atoms with Crippen LogP contribution in [0.3, 0.4) is 0 Å². The highest BCUT2D eigenvalue weighted by Gasteiger charge is 2.10. The molecule has 0 aliphatic heterocycles. The molecular weight excluding hydrogens is 226 g/mol. The lowest BCUT2D eigenvalue weighted by atomic mass is 10.3. The van der Waals surface area contributed by atoms with Crippen molar-refractivity contribution in [2.24, 2.45) is 0 Å². The number of hydrogen-bond donors (Lipinski definition) is 0. The van der Waals surface area contributed by atoms with Gasteiger partial charge in [0.15, 0.2) is 5.15 Å². The third kappa shape index (κ3) is 1.33. The summed E-state index contributed by atoms with van der Waals surface area (Å²) in [5.74, 6) is 0. The predicted octanol–water partition coefficient (Wildman–Crippen LogP) is 1.86. The summed E-state index contributed by atoms with van der Waals surface area (Å²) in [4.78, 5) is 0. The van der Waals surface area contributed by atoms with Crippen molar-refractivity contribution in [1.29, 1.82) is 0 Å². The summed E-state index contributed by atoms with van der Waals surface area (Å²) < 4.78 is 1.65. The second kappa shape index (κ2) is 3.53. The smallest absolute Gasteiger partial charge is 0.179 e. The molecule has 0 unspecified atom stereocenters. The molecule has 0 fully saturated rings. The minimum atomic E-state index is 0.298. The fourth-order valence-electron chi connectivity index (χ4n) is 1.51. The number of aromatic nitrogens is 5. The van der Waals surface area contributed by atoms with Gasteiger partial charge in [-0.1, -0.05) is 35.0 Å². The first-order chi connectivity index (χ1) is 7.86. The first kappa shape index (κ1) is 9.23. The zero-order valence-corrected chi connectivity index (χ0v) is 8.83. The highest BCUT2D eigenvalue weighted by Crippen LogP contribution is 2.20. The van der Waals surface area contributed by atoms with Gasteiger partial charge >= 0.3 is 0 Å². The van der Waals surface area contributed by atoms with E-state index >= 15 is 0 Å². The summed E-state index contributed by atoms with van der Waals surface area (Å²) >= 11 is 5.98. The van der Waals surface area contributed by atoms with Crippen LogP contribution >= 0.6 is 11.6 Å². The maximum Gasteiger partial charge on any atom is 0.179 e. The quantitative estimate of drug-likeness (QED) is 0.642. The molecule has 2 heterocycles. The topological polar surface area (TPSA) is 56.5 Å². The molecule has 0 bridgehead atoms. The SMILES string of the molecule is Clc1nncc2nnn(-c3ccccc3)c12. The maximum atomic E-state index is 5.98. The summed E-state index contributed by atoms with van der Waals surface area (Å²) in [6.07, 6.45) is 1.54. The van der Waals surface area contributed by atoms with Crippen molar-refractivity contribution < 1.29 is 0 Å². The van der Waals surface area contributed by atoms with Gasteiger partial charge in [0.2, 0.25) is 0 Å². The van der Waals surface area contributed by atoms with Crippen LogP contribution < -0.4 is 0 Å². The third-order valence-electron chi connectivity index (χ3n) is 2.22. The van der Waals surface area contributed by atoms with Crippen LogP contribution in [-0.4, -0.2) is 25.2 Å². The van der Waals surface area contributed by atoms with Crippen molar-refractivity contribution in [1.82, 2.24) is 25.2 Å². The second-order valence-electron chi connectivity index (χ2n) is 3.21. The molecule has 0 atom stereocenters. The van der Waals surface area contributed by atoms with Crippen LogP contribution in [0.5, 0.6) is 0 Å². The molecule has 0 N–H and O–H groups in total. The molecule has 78 valence electrons. The molecule has 3 rings (SSSR count). The van der Waals surface area contributed by atoms with Gasteiger partial charge in [0, 0.05) is 0 Å². The zero-order chi connectivity index (χ0) is 11.0. The Kier molecular flexibility index (Phi) is 2.04. The second-order valence-corrected chi connectivity index (χ2v) is 3.56. The van der Waals surface area contributed by atoms with E-state index in [1.54, 1.807) is 4.68 Å². The molecule has 1 aromatic carbocycles. The largest absolute Gasteiger partial charge is 0.210 e. The highest BCUT2D eigenvalue weighted by atomic mass is 35.5. The molecule has 0 aliphatic carbocycles. The Bertz CT molecular complexity index is 634. The van der Waals surface area contributed by atoms with Crippen molar-refractivity contribution in [3.05, 3.63) is 41.7 Å². The summed E-state index contributed by atoms with van der Waals surface area (Å²) in [7, 11) is 0. The van der Waals surface area contributed by atoms with E-state index in [0.29, 0.717) is 16.2 Å². The molecule has 0 radical (unpaired) electrons.